The van der Waals surface area contributed by atoms with Crippen LogP contribution in [0.3, 0.4) is 0 Å². The normalized spacial score (nSPS) is 11.2. The minimum absolute atomic E-state index is 0.299. The number of nitrogens with one attached hydrogen (secondary N) is 1. The van der Waals surface area contributed by atoms with Gasteiger partial charge in [0.15, 0.2) is 0 Å². The van der Waals surface area contributed by atoms with Crippen LogP contribution in [0.5, 0.6) is 5.75 Å². The maximum atomic E-state index is 12.5. The average Bonchev–Trinajstić information content (AvgIpc) is 2.42. The summed E-state index contributed by atoms with van der Waals surface area (Å²) < 4.78 is 32.8. The Morgan fingerprint density at radius 2 is 1.62 bits per heavy atom. The monoisotopic (exact) mass is 305 g/mol. The number of anilines is 1. The van der Waals surface area contributed by atoms with Crippen LogP contribution in [0.25, 0.3) is 0 Å². The van der Waals surface area contributed by atoms with Crippen LogP contribution in [-0.2, 0) is 10.0 Å². The standard InChI is InChI=1S/C16H19NO3S/c1-11-8-13(3)16(9-12(11)2)21(18,19)17-14-6-5-7-15(10-14)20-4/h5-10,17H,1-4H3. The van der Waals surface area contributed by atoms with Gasteiger partial charge in [-0.3, -0.25) is 4.72 Å². The first-order valence-electron chi connectivity index (χ1n) is 6.58. The van der Waals surface area contributed by atoms with Gasteiger partial charge in [0.25, 0.3) is 10.0 Å². The number of hydrogen-bond donors (Lipinski definition) is 1. The average molecular weight is 305 g/mol. The minimum atomic E-state index is -3.61. The molecule has 0 spiro atoms. The molecule has 112 valence electrons. The van der Waals surface area contributed by atoms with Gasteiger partial charge in [-0.25, -0.2) is 8.42 Å². The van der Waals surface area contributed by atoms with Crippen LogP contribution in [0.1, 0.15) is 16.7 Å². The van der Waals surface area contributed by atoms with Crippen LogP contribution in [0.4, 0.5) is 5.69 Å². The van der Waals surface area contributed by atoms with Crippen molar-refractivity contribution in [1.29, 1.82) is 0 Å². The van der Waals surface area contributed by atoms with Gasteiger partial charge in [-0.05, 0) is 55.7 Å². The summed E-state index contributed by atoms with van der Waals surface area (Å²) in [5.74, 6) is 0.604. The highest BCUT2D eigenvalue weighted by Gasteiger charge is 2.18. The molecule has 0 unspecified atom stereocenters. The van der Waals surface area contributed by atoms with E-state index < -0.39 is 10.0 Å². The molecule has 0 aliphatic rings. The molecule has 2 aromatic carbocycles. The number of benzene rings is 2. The van der Waals surface area contributed by atoms with Crippen LogP contribution in [-0.4, -0.2) is 15.5 Å². The van der Waals surface area contributed by atoms with Gasteiger partial charge in [0.2, 0.25) is 0 Å². The van der Waals surface area contributed by atoms with Crippen molar-refractivity contribution in [3.8, 4) is 5.75 Å². The fourth-order valence-electron chi connectivity index (χ4n) is 2.12. The topological polar surface area (TPSA) is 55.4 Å². The molecular weight excluding hydrogens is 286 g/mol. The van der Waals surface area contributed by atoms with E-state index in [9.17, 15) is 8.42 Å². The molecule has 0 aliphatic carbocycles. The van der Waals surface area contributed by atoms with Gasteiger partial charge in [-0.1, -0.05) is 12.1 Å². The third kappa shape index (κ3) is 3.36. The van der Waals surface area contributed by atoms with E-state index in [4.69, 9.17) is 4.74 Å². The predicted octanol–water partition coefficient (Wildman–Crippen LogP) is 3.42. The molecule has 1 N–H and O–H groups in total. The zero-order chi connectivity index (χ0) is 15.6. The van der Waals surface area contributed by atoms with Crippen LogP contribution in [0, 0.1) is 20.8 Å². The molecule has 0 aromatic heterocycles. The molecule has 2 rings (SSSR count). The molecule has 0 aliphatic heterocycles. The lowest BCUT2D eigenvalue weighted by Crippen LogP contribution is -2.14. The Hall–Kier alpha value is -2.01. The van der Waals surface area contributed by atoms with Gasteiger partial charge in [0.1, 0.15) is 5.75 Å². The first kappa shape index (κ1) is 15.4. The molecule has 0 fully saturated rings. The molecule has 0 saturated heterocycles. The molecular formula is C16H19NO3S. The van der Waals surface area contributed by atoms with Crippen LogP contribution in [0.2, 0.25) is 0 Å². The van der Waals surface area contributed by atoms with E-state index in [0.717, 1.165) is 16.7 Å². The lowest BCUT2D eigenvalue weighted by molar-refractivity contribution is 0.415. The fourth-order valence-corrected chi connectivity index (χ4v) is 3.48. The minimum Gasteiger partial charge on any atom is -0.497 e. The molecule has 0 radical (unpaired) electrons. The largest absolute Gasteiger partial charge is 0.497 e. The number of hydrogen-bond acceptors (Lipinski definition) is 3. The van der Waals surface area contributed by atoms with E-state index in [0.29, 0.717) is 16.3 Å². The number of ether oxygens (including phenoxy) is 1. The van der Waals surface area contributed by atoms with Crippen molar-refractivity contribution in [3.63, 3.8) is 0 Å². The lowest BCUT2D eigenvalue weighted by Gasteiger charge is -2.13. The molecule has 0 bridgehead atoms. The Kier molecular flexibility index (Phi) is 4.23. The first-order valence-corrected chi connectivity index (χ1v) is 8.06. The molecule has 21 heavy (non-hydrogen) atoms. The quantitative estimate of drug-likeness (QED) is 0.941. The highest BCUT2D eigenvalue weighted by Crippen LogP contribution is 2.24. The van der Waals surface area contributed by atoms with Crippen LogP contribution < -0.4 is 9.46 Å². The summed E-state index contributed by atoms with van der Waals surface area (Å²) in [6.45, 7) is 5.67. The Morgan fingerprint density at radius 3 is 2.29 bits per heavy atom. The Bertz CT molecular complexity index is 767. The number of rotatable bonds is 4. The van der Waals surface area contributed by atoms with E-state index in [1.54, 1.807) is 44.4 Å². The van der Waals surface area contributed by atoms with Gasteiger partial charge in [-0.15, -0.1) is 0 Å². The highest BCUT2D eigenvalue weighted by molar-refractivity contribution is 7.92. The van der Waals surface area contributed by atoms with Crippen molar-refractivity contribution in [2.45, 2.75) is 25.7 Å². The third-order valence-corrected chi connectivity index (χ3v) is 4.93. The van der Waals surface area contributed by atoms with Gasteiger partial charge < -0.3 is 4.74 Å². The SMILES string of the molecule is COc1cccc(NS(=O)(=O)c2cc(C)c(C)cc2C)c1. The van der Waals surface area contributed by atoms with E-state index in [2.05, 4.69) is 4.72 Å². The smallest absolute Gasteiger partial charge is 0.262 e. The van der Waals surface area contributed by atoms with Crippen LogP contribution >= 0.6 is 0 Å². The molecule has 5 heteroatoms. The predicted molar refractivity (Wildman–Crippen MR) is 84.5 cm³/mol. The summed E-state index contributed by atoms with van der Waals surface area (Å²) in [5, 5.41) is 0. The third-order valence-electron chi connectivity index (χ3n) is 3.40. The summed E-state index contributed by atoms with van der Waals surface area (Å²) in [7, 11) is -2.07. The summed E-state index contributed by atoms with van der Waals surface area (Å²) in [4.78, 5) is 0.299. The number of sulfonamides is 1. The first-order chi connectivity index (χ1) is 9.83. The zero-order valence-electron chi connectivity index (χ0n) is 12.6. The van der Waals surface area contributed by atoms with Crippen LogP contribution in [0.15, 0.2) is 41.3 Å². The second-order valence-corrected chi connectivity index (χ2v) is 6.69. The summed E-state index contributed by atoms with van der Waals surface area (Å²) in [6.07, 6.45) is 0. The van der Waals surface area contributed by atoms with Gasteiger partial charge in [0, 0.05) is 6.07 Å². The van der Waals surface area contributed by atoms with Crippen molar-refractivity contribution in [3.05, 3.63) is 53.1 Å². The van der Waals surface area contributed by atoms with Crippen molar-refractivity contribution < 1.29 is 13.2 Å². The fraction of sp³-hybridized carbons (Fsp3) is 0.250. The highest BCUT2D eigenvalue weighted by atomic mass is 32.2. The Labute approximate surface area is 125 Å². The van der Waals surface area contributed by atoms with Crippen molar-refractivity contribution in [1.82, 2.24) is 0 Å². The number of methoxy groups -OCH3 is 1. The molecule has 0 saturated carbocycles. The van der Waals surface area contributed by atoms with E-state index >= 15 is 0 Å². The van der Waals surface area contributed by atoms with Crippen molar-refractivity contribution in [2.75, 3.05) is 11.8 Å². The van der Waals surface area contributed by atoms with E-state index in [1.807, 2.05) is 19.9 Å². The van der Waals surface area contributed by atoms with Gasteiger partial charge in [-0.2, -0.15) is 0 Å². The molecule has 0 atom stereocenters. The number of aryl methyl sites for hydroxylation is 3. The zero-order valence-corrected chi connectivity index (χ0v) is 13.4. The summed E-state index contributed by atoms with van der Waals surface area (Å²) in [5.41, 5.74) is 3.24. The Morgan fingerprint density at radius 1 is 0.952 bits per heavy atom. The summed E-state index contributed by atoms with van der Waals surface area (Å²) >= 11 is 0. The van der Waals surface area contributed by atoms with Crippen molar-refractivity contribution >= 4 is 15.7 Å². The van der Waals surface area contributed by atoms with E-state index in [-0.39, 0.29) is 0 Å². The molecule has 4 nitrogen and oxygen atoms in total. The van der Waals surface area contributed by atoms with Gasteiger partial charge in [0.05, 0.1) is 17.7 Å². The van der Waals surface area contributed by atoms with E-state index in [1.165, 1.54) is 0 Å². The van der Waals surface area contributed by atoms with Crippen molar-refractivity contribution in [2.24, 2.45) is 0 Å². The maximum Gasteiger partial charge on any atom is 0.262 e. The van der Waals surface area contributed by atoms with Gasteiger partial charge >= 0.3 is 0 Å². The molecule has 2 aromatic rings. The molecule has 0 heterocycles. The summed E-state index contributed by atoms with van der Waals surface area (Å²) in [6, 6.07) is 10.4. The molecule has 0 amide bonds. The Balaban J connectivity index is 2.40. The lowest BCUT2D eigenvalue weighted by atomic mass is 10.1. The maximum absolute atomic E-state index is 12.5. The second kappa shape index (κ2) is 5.77. The second-order valence-electron chi connectivity index (χ2n) is 5.04.